The summed E-state index contributed by atoms with van der Waals surface area (Å²) in [5, 5.41) is 13.6. The molecule has 0 N–H and O–H groups in total. The van der Waals surface area contributed by atoms with Crippen LogP contribution in [0.4, 0.5) is 5.95 Å². The second kappa shape index (κ2) is 8.64. The van der Waals surface area contributed by atoms with E-state index in [-0.39, 0.29) is 6.10 Å². The average molecular weight is 401 g/mol. The number of carbonyl (C=O) groups is 1. The number of aromatic nitrogens is 3. The first-order valence-electron chi connectivity index (χ1n) is 9.46. The molecule has 2 aliphatic heterocycles. The summed E-state index contributed by atoms with van der Waals surface area (Å²) in [7, 11) is 1.34. The fourth-order valence-electron chi connectivity index (χ4n) is 3.38. The summed E-state index contributed by atoms with van der Waals surface area (Å²) < 4.78 is 6.81. The van der Waals surface area contributed by atoms with Crippen LogP contribution in [0.2, 0.25) is 0 Å². The molecule has 3 heterocycles. The van der Waals surface area contributed by atoms with Gasteiger partial charge in [0.25, 0.3) is 0 Å². The van der Waals surface area contributed by atoms with Gasteiger partial charge in [-0.2, -0.15) is 0 Å². The molecule has 0 saturated carbocycles. The zero-order valence-corrected chi connectivity index (χ0v) is 16.6. The lowest BCUT2D eigenvalue weighted by molar-refractivity contribution is -0.132. The van der Waals surface area contributed by atoms with Gasteiger partial charge in [-0.25, -0.2) is 4.79 Å². The monoisotopic (exact) mass is 401 g/mol. The third-order valence-electron chi connectivity index (χ3n) is 4.82. The minimum Gasteiger partial charge on any atom is -0.464 e. The van der Waals surface area contributed by atoms with Crippen LogP contribution < -0.4 is 4.90 Å². The molecule has 0 radical (unpaired) electrons. The highest BCUT2D eigenvalue weighted by atomic mass is 32.2. The van der Waals surface area contributed by atoms with E-state index in [4.69, 9.17) is 9.57 Å². The number of hydrogen-bond acceptors (Lipinski definition) is 8. The van der Waals surface area contributed by atoms with Crippen molar-refractivity contribution < 1.29 is 14.4 Å². The molecule has 2 aliphatic rings. The van der Waals surface area contributed by atoms with Crippen LogP contribution in [0.1, 0.15) is 25.7 Å². The first-order chi connectivity index (χ1) is 13.8. The van der Waals surface area contributed by atoms with Gasteiger partial charge in [-0.3, -0.25) is 4.57 Å². The molecule has 0 spiro atoms. The maximum atomic E-state index is 11.6. The second-order valence-corrected chi connectivity index (χ2v) is 7.76. The van der Waals surface area contributed by atoms with Gasteiger partial charge in [-0.05, 0) is 31.4 Å². The van der Waals surface area contributed by atoms with Crippen LogP contribution in [0.15, 0.2) is 40.6 Å². The van der Waals surface area contributed by atoms with Crippen molar-refractivity contribution in [2.24, 2.45) is 5.16 Å². The molecule has 1 atom stereocenters. The van der Waals surface area contributed by atoms with E-state index in [0.717, 1.165) is 29.9 Å². The Morgan fingerprint density at radius 3 is 2.75 bits per heavy atom. The lowest BCUT2D eigenvalue weighted by atomic mass is 10.1. The number of nitrogens with zero attached hydrogens (tertiary/aromatic N) is 5. The number of ether oxygens (including phenoxy) is 1. The number of para-hydroxylation sites is 1. The van der Waals surface area contributed by atoms with Crippen LogP contribution in [0.3, 0.4) is 0 Å². The minimum atomic E-state index is -0.438. The van der Waals surface area contributed by atoms with Gasteiger partial charge in [-0.1, -0.05) is 35.1 Å². The summed E-state index contributed by atoms with van der Waals surface area (Å²) in [5.74, 6) is 1.06. The lowest BCUT2D eigenvalue weighted by Gasteiger charge is -2.27. The van der Waals surface area contributed by atoms with Crippen molar-refractivity contribution in [2.45, 2.75) is 36.9 Å². The quantitative estimate of drug-likeness (QED) is 0.544. The zero-order chi connectivity index (χ0) is 19.3. The van der Waals surface area contributed by atoms with E-state index in [9.17, 15) is 4.79 Å². The molecular formula is C19H23N5O3S. The number of oxime groups is 1. The van der Waals surface area contributed by atoms with Gasteiger partial charge in [0.1, 0.15) is 6.10 Å². The molecule has 1 aromatic heterocycles. The van der Waals surface area contributed by atoms with Crippen molar-refractivity contribution in [3.63, 3.8) is 0 Å². The Kier molecular flexibility index (Phi) is 5.80. The molecule has 1 saturated heterocycles. The molecule has 2 aromatic rings. The first-order valence-corrected chi connectivity index (χ1v) is 10.4. The highest BCUT2D eigenvalue weighted by Gasteiger charge is 2.28. The molecule has 9 heteroatoms. The van der Waals surface area contributed by atoms with E-state index in [1.54, 1.807) is 11.8 Å². The second-order valence-electron chi connectivity index (χ2n) is 6.77. The SMILES string of the molecule is COC(=O)C1=NOC(CSc2nnc(N3CCCCC3)n2-c2ccccc2)C1. The van der Waals surface area contributed by atoms with E-state index >= 15 is 0 Å². The normalized spacial score (nSPS) is 19.2. The Bertz CT molecular complexity index is 849. The Balaban J connectivity index is 1.51. The van der Waals surface area contributed by atoms with Gasteiger partial charge >= 0.3 is 5.97 Å². The van der Waals surface area contributed by atoms with Crippen LogP contribution >= 0.6 is 11.8 Å². The van der Waals surface area contributed by atoms with E-state index < -0.39 is 5.97 Å². The molecule has 8 nitrogen and oxygen atoms in total. The summed E-state index contributed by atoms with van der Waals surface area (Å²) >= 11 is 1.56. The maximum absolute atomic E-state index is 11.6. The van der Waals surface area contributed by atoms with Gasteiger partial charge in [0.05, 0.1) is 12.8 Å². The van der Waals surface area contributed by atoms with Gasteiger partial charge in [0, 0.05) is 25.3 Å². The van der Waals surface area contributed by atoms with E-state index in [1.807, 2.05) is 18.2 Å². The number of piperidine rings is 1. The van der Waals surface area contributed by atoms with Crippen molar-refractivity contribution in [3.8, 4) is 5.69 Å². The summed E-state index contributed by atoms with van der Waals surface area (Å²) in [4.78, 5) is 19.3. The number of esters is 1. The highest BCUT2D eigenvalue weighted by molar-refractivity contribution is 7.99. The summed E-state index contributed by atoms with van der Waals surface area (Å²) in [5.41, 5.74) is 1.36. The van der Waals surface area contributed by atoms with E-state index in [2.05, 4.69) is 37.0 Å². The largest absolute Gasteiger partial charge is 0.464 e. The third kappa shape index (κ3) is 3.99. The third-order valence-corrected chi connectivity index (χ3v) is 5.88. The minimum absolute atomic E-state index is 0.182. The molecule has 0 bridgehead atoms. The fraction of sp³-hybridized carbons (Fsp3) is 0.474. The van der Waals surface area contributed by atoms with Crippen molar-refractivity contribution in [3.05, 3.63) is 30.3 Å². The molecule has 1 aromatic carbocycles. The van der Waals surface area contributed by atoms with E-state index in [0.29, 0.717) is 17.9 Å². The molecule has 4 rings (SSSR count). The predicted octanol–water partition coefficient (Wildman–Crippen LogP) is 2.67. The number of carbonyl (C=O) groups excluding carboxylic acids is 1. The Hall–Kier alpha value is -2.55. The van der Waals surface area contributed by atoms with Crippen LogP contribution in [-0.2, 0) is 14.4 Å². The van der Waals surface area contributed by atoms with Crippen molar-refractivity contribution >= 4 is 29.4 Å². The molecule has 0 amide bonds. The molecule has 0 aliphatic carbocycles. The molecule has 1 unspecified atom stereocenters. The standard InChI is InChI=1S/C19H23N5O3S/c1-26-17(25)16-12-15(27-22-16)13-28-19-21-20-18(23-10-6-3-7-11-23)24(19)14-8-4-2-5-9-14/h2,4-5,8-9,15H,3,6-7,10-13H2,1H3. The van der Waals surface area contributed by atoms with Crippen LogP contribution in [0, 0.1) is 0 Å². The number of methoxy groups -OCH3 is 1. The van der Waals surface area contributed by atoms with Gasteiger partial charge in [0.15, 0.2) is 10.9 Å². The number of rotatable bonds is 6. The van der Waals surface area contributed by atoms with Gasteiger partial charge in [0.2, 0.25) is 5.95 Å². The number of hydrogen-bond donors (Lipinski definition) is 0. The van der Waals surface area contributed by atoms with Gasteiger partial charge in [-0.15, -0.1) is 10.2 Å². The molecule has 28 heavy (non-hydrogen) atoms. The number of thioether (sulfide) groups is 1. The van der Waals surface area contributed by atoms with Gasteiger partial charge < -0.3 is 14.5 Å². The summed E-state index contributed by atoms with van der Waals surface area (Å²) in [6.45, 7) is 2.00. The summed E-state index contributed by atoms with van der Waals surface area (Å²) in [6.07, 6.45) is 3.87. The van der Waals surface area contributed by atoms with Crippen molar-refractivity contribution in [2.75, 3.05) is 30.9 Å². The maximum Gasteiger partial charge on any atom is 0.355 e. The summed E-state index contributed by atoms with van der Waals surface area (Å²) in [6, 6.07) is 10.1. The van der Waals surface area contributed by atoms with Crippen LogP contribution in [0.5, 0.6) is 0 Å². The van der Waals surface area contributed by atoms with Crippen LogP contribution in [-0.4, -0.2) is 58.5 Å². The van der Waals surface area contributed by atoms with Crippen LogP contribution in [0.25, 0.3) is 5.69 Å². The fourth-order valence-corrected chi connectivity index (χ4v) is 4.31. The number of benzene rings is 1. The Labute approximate surface area is 167 Å². The average Bonchev–Trinajstić information content (AvgIpc) is 3.40. The molecule has 148 valence electrons. The van der Waals surface area contributed by atoms with E-state index in [1.165, 1.54) is 26.4 Å². The highest BCUT2D eigenvalue weighted by Crippen LogP contribution is 2.29. The van der Waals surface area contributed by atoms with Crippen molar-refractivity contribution in [1.82, 2.24) is 14.8 Å². The molecule has 1 fully saturated rings. The lowest BCUT2D eigenvalue weighted by Crippen LogP contribution is -2.31. The predicted molar refractivity (Wildman–Crippen MR) is 107 cm³/mol. The first kappa shape index (κ1) is 18.8. The topological polar surface area (TPSA) is 81.8 Å². The molecular weight excluding hydrogens is 378 g/mol. The Morgan fingerprint density at radius 1 is 1.21 bits per heavy atom. The Morgan fingerprint density at radius 2 is 2.00 bits per heavy atom. The smallest absolute Gasteiger partial charge is 0.355 e. The number of anilines is 1. The van der Waals surface area contributed by atoms with Crippen molar-refractivity contribution in [1.29, 1.82) is 0 Å². The zero-order valence-electron chi connectivity index (χ0n) is 15.8.